The Balaban J connectivity index is 1.31. The molecule has 0 aliphatic heterocycles. The van der Waals surface area contributed by atoms with Crippen molar-refractivity contribution in [3.05, 3.63) is 35.4 Å². The van der Waals surface area contributed by atoms with E-state index in [1.54, 1.807) is 19.0 Å². The van der Waals surface area contributed by atoms with Gasteiger partial charge >= 0.3 is 0 Å². The van der Waals surface area contributed by atoms with Gasteiger partial charge in [-0.25, -0.2) is 0 Å². The summed E-state index contributed by atoms with van der Waals surface area (Å²) in [4.78, 5) is 26.1. The molecule has 0 unspecified atom stereocenters. The molecule has 4 saturated carbocycles. The minimum absolute atomic E-state index is 0.00222. The highest BCUT2D eigenvalue weighted by molar-refractivity contribution is 5.93. The second kappa shape index (κ2) is 6.71. The van der Waals surface area contributed by atoms with Crippen LogP contribution in [0.25, 0.3) is 0 Å². The van der Waals surface area contributed by atoms with Crippen molar-refractivity contribution >= 4 is 11.8 Å². The van der Waals surface area contributed by atoms with Crippen LogP contribution in [0.5, 0.6) is 0 Å². The minimum Gasteiger partial charge on any atom is -0.352 e. The van der Waals surface area contributed by atoms with Crippen LogP contribution in [0, 0.1) is 23.2 Å². The summed E-state index contributed by atoms with van der Waals surface area (Å²) in [5.41, 5.74) is 2.01. The van der Waals surface area contributed by atoms with Gasteiger partial charge in [0.15, 0.2) is 0 Å². The van der Waals surface area contributed by atoms with E-state index in [1.165, 1.54) is 38.5 Å². The van der Waals surface area contributed by atoms with Crippen LogP contribution in [0.3, 0.4) is 0 Å². The van der Waals surface area contributed by atoms with E-state index in [-0.39, 0.29) is 11.8 Å². The third-order valence-corrected chi connectivity index (χ3v) is 6.80. The predicted molar refractivity (Wildman–Crippen MR) is 102 cm³/mol. The molecule has 4 aliphatic carbocycles. The number of amides is 2. The molecule has 4 nitrogen and oxygen atoms in total. The van der Waals surface area contributed by atoms with E-state index >= 15 is 0 Å². The Morgan fingerprint density at radius 1 is 1.00 bits per heavy atom. The van der Waals surface area contributed by atoms with Crippen LogP contribution in [0.2, 0.25) is 0 Å². The SMILES string of the molecule is CN(C)C(=O)c1ccc(CNC(=O)CC23CC4CC(CC(C4)C2)C3)cc1. The van der Waals surface area contributed by atoms with Gasteiger partial charge in [-0.15, -0.1) is 0 Å². The lowest BCUT2D eigenvalue weighted by Crippen LogP contribution is -2.47. The van der Waals surface area contributed by atoms with Crippen molar-refractivity contribution in [1.82, 2.24) is 10.2 Å². The summed E-state index contributed by atoms with van der Waals surface area (Å²) in [5, 5.41) is 3.11. The Kier molecular flexibility index (Phi) is 4.54. The molecule has 1 aromatic carbocycles. The highest BCUT2D eigenvalue weighted by Gasteiger charge is 2.51. The Morgan fingerprint density at radius 3 is 2.04 bits per heavy atom. The Morgan fingerprint density at radius 2 is 1.54 bits per heavy atom. The first kappa shape index (κ1) is 17.6. The molecule has 2 amide bonds. The van der Waals surface area contributed by atoms with Gasteiger partial charge in [-0.3, -0.25) is 9.59 Å². The summed E-state index contributed by atoms with van der Waals surface area (Å²) < 4.78 is 0. The zero-order valence-corrected chi connectivity index (χ0v) is 16.0. The molecule has 0 radical (unpaired) electrons. The molecule has 4 bridgehead atoms. The number of nitrogens with one attached hydrogen (secondary N) is 1. The molecule has 0 aromatic heterocycles. The van der Waals surface area contributed by atoms with Gasteiger partial charge in [0.05, 0.1) is 0 Å². The average molecular weight is 354 g/mol. The van der Waals surface area contributed by atoms with E-state index in [1.807, 2.05) is 24.3 Å². The molecule has 140 valence electrons. The van der Waals surface area contributed by atoms with Gasteiger partial charge in [0, 0.05) is 32.6 Å². The number of hydrogen-bond acceptors (Lipinski definition) is 2. The minimum atomic E-state index is 0.00222. The monoisotopic (exact) mass is 354 g/mol. The highest BCUT2D eigenvalue weighted by Crippen LogP contribution is 2.61. The maximum atomic E-state index is 12.6. The molecule has 4 aliphatic rings. The summed E-state index contributed by atoms with van der Waals surface area (Å²) in [6.45, 7) is 0.543. The molecule has 1 N–H and O–H groups in total. The van der Waals surface area contributed by atoms with Crippen molar-refractivity contribution in [1.29, 1.82) is 0 Å². The smallest absolute Gasteiger partial charge is 0.253 e. The Bertz CT molecular complexity index is 657. The topological polar surface area (TPSA) is 49.4 Å². The molecular formula is C22H30N2O2. The summed E-state index contributed by atoms with van der Waals surface area (Å²) in [6.07, 6.45) is 8.76. The normalized spacial score (nSPS) is 31.7. The van der Waals surface area contributed by atoms with Gasteiger partial charge in [-0.2, -0.15) is 0 Å². The molecule has 0 heterocycles. The molecule has 1 aromatic rings. The summed E-state index contributed by atoms with van der Waals surface area (Å²) in [5.74, 6) is 2.85. The third kappa shape index (κ3) is 3.51. The number of carbonyl (C=O) groups is 2. The van der Waals surface area contributed by atoms with Gasteiger partial charge < -0.3 is 10.2 Å². The Hall–Kier alpha value is -1.84. The van der Waals surface area contributed by atoms with Crippen LogP contribution >= 0.6 is 0 Å². The van der Waals surface area contributed by atoms with Gasteiger partial charge in [-0.05, 0) is 79.4 Å². The van der Waals surface area contributed by atoms with Crippen LogP contribution in [-0.4, -0.2) is 30.8 Å². The molecule has 0 atom stereocenters. The van der Waals surface area contributed by atoms with Gasteiger partial charge in [0.25, 0.3) is 5.91 Å². The number of hydrogen-bond donors (Lipinski definition) is 1. The Labute approximate surface area is 156 Å². The lowest BCUT2D eigenvalue weighted by Gasteiger charge is -2.56. The first-order valence-electron chi connectivity index (χ1n) is 10.00. The van der Waals surface area contributed by atoms with E-state index in [2.05, 4.69) is 5.32 Å². The molecule has 0 saturated heterocycles. The van der Waals surface area contributed by atoms with Gasteiger partial charge in [-0.1, -0.05) is 12.1 Å². The second-order valence-corrected chi connectivity index (χ2v) is 9.27. The zero-order valence-electron chi connectivity index (χ0n) is 16.0. The maximum Gasteiger partial charge on any atom is 0.253 e. The van der Waals surface area contributed by atoms with E-state index in [0.717, 1.165) is 23.3 Å². The van der Waals surface area contributed by atoms with E-state index in [0.29, 0.717) is 23.9 Å². The van der Waals surface area contributed by atoms with Crippen molar-refractivity contribution in [2.24, 2.45) is 23.2 Å². The summed E-state index contributed by atoms with van der Waals surface area (Å²) in [6, 6.07) is 7.54. The van der Waals surface area contributed by atoms with Crippen LogP contribution in [0.1, 0.15) is 60.9 Å². The standard InChI is InChI=1S/C22H30N2O2/c1-24(2)21(26)19-5-3-15(4-6-19)14-23-20(25)13-22-10-16-7-17(11-22)9-18(8-16)12-22/h3-6,16-18H,7-14H2,1-2H3,(H,23,25). The summed E-state index contributed by atoms with van der Waals surface area (Å²) in [7, 11) is 3.50. The molecule has 0 spiro atoms. The highest BCUT2D eigenvalue weighted by atomic mass is 16.2. The fourth-order valence-electron chi connectivity index (χ4n) is 6.13. The van der Waals surface area contributed by atoms with Crippen LogP contribution < -0.4 is 5.32 Å². The molecule has 26 heavy (non-hydrogen) atoms. The maximum absolute atomic E-state index is 12.6. The number of benzene rings is 1. The van der Waals surface area contributed by atoms with Crippen molar-refractivity contribution in [2.45, 2.75) is 51.5 Å². The quantitative estimate of drug-likeness (QED) is 0.878. The number of rotatable bonds is 5. The van der Waals surface area contributed by atoms with Gasteiger partial charge in [0.1, 0.15) is 0 Å². The van der Waals surface area contributed by atoms with Crippen molar-refractivity contribution < 1.29 is 9.59 Å². The predicted octanol–water partition coefficient (Wildman–Crippen LogP) is 3.61. The fraction of sp³-hybridized carbons (Fsp3) is 0.636. The molecule has 4 fully saturated rings. The molecule has 5 rings (SSSR count). The third-order valence-electron chi connectivity index (χ3n) is 6.80. The van der Waals surface area contributed by atoms with Crippen molar-refractivity contribution in [3.63, 3.8) is 0 Å². The first-order chi connectivity index (χ1) is 12.4. The van der Waals surface area contributed by atoms with Gasteiger partial charge in [0.2, 0.25) is 5.91 Å². The number of carbonyl (C=O) groups excluding carboxylic acids is 2. The van der Waals surface area contributed by atoms with Crippen LogP contribution in [0.15, 0.2) is 24.3 Å². The van der Waals surface area contributed by atoms with E-state index in [9.17, 15) is 9.59 Å². The molecular weight excluding hydrogens is 324 g/mol. The largest absolute Gasteiger partial charge is 0.352 e. The number of nitrogens with zero attached hydrogens (tertiary/aromatic N) is 1. The van der Waals surface area contributed by atoms with E-state index in [4.69, 9.17) is 0 Å². The van der Waals surface area contributed by atoms with Crippen LogP contribution in [-0.2, 0) is 11.3 Å². The van der Waals surface area contributed by atoms with E-state index < -0.39 is 0 Å². The summed E-state index contributed by atoms with van der Waals surface area (Å²) >= 11 is 0. The second-order valence-electron chi connectivity index (χ2n) is 9.27. The van der Waals surface area contributed by atoms with Crippen molar-refractivity contribution in [3.8, 4) is 0 Å². The zero-order chi connectivity index (χ0) is 18.3. The van der Waals surface area contributed by atoms with Crippen LogP contribution in [0.4, 0.5) is 0 Å². The first-order valence-corrected chi connectivity index (χ1v) is 10.00. The fourth-order valence-corrected chi connectivity index (χ4v) is 6.13. The lowest BCUT2D eigenvalue weighted by molar-refractivity contribution is -0.129. The average Bonchev–Trinajstić information content (AvgIpc) is 2.58. The molecule has 4 heteroatoms. The lowest BCUT2D eigenvalue weighted by atomic mass is 9.49. The van der Waals surface area contributed by atoms with Crippen molar-refractivity contribution in [2.75, 3.05) is 14.1 Å².